The summed E-state index contributed by atoms with van der Waals surface area (Å²) in [5.74, 6) is 0. The normalized spacial score (nSPS) is 12.4. The Kier molecular flexibility index (Phi) is 4.09. The van der Waals surface area contributed by atoms with E-state index in [-0.39, 0.29) is 29.6 Å². The molecule has 0 aliphatic rings. The van der Waals surface area contributed by atoms with Crippen molar-refractivity contribution >= 4 is 62.1 Å². The molecule has 1 atom stereocenters. The summed E-state index contributed by atoms with van der Waals surface area (Å²) in [6.07, 6.45) is 0. The molecule has 0 spiro atoms. The predicted octanol–water partition coefficient (Wildman–Crippen LogP) is 1.83. The van der Waals surface area contributed by atoms with E-state index in [0.717, 1.165) is 10.1 Å². The monoisotopic (exact) mass is 222 g/mol. The summed E-state index contributed by atoms with van der Waals surface area (Å²) in [6.45, 7) is 0. The van der Waals surface area contributed by atoms with Crippen molar-refractivity contribution in [3.63, 3.8) is 0 Å². The molecule has 2 rings (SSSR count). The fourth-order valence-electron chi connectivity index (χ4n) is 1.09. The number of thiophene rings is 1. The third-order valence-corrected chi connectivity index (χ3v) is 3.46. The minimum absolute atomic E-state index is 0. The van der Waals surface area contributed by atoms with Gasteiger partial charge in [-0.2, -0.15) is 0 Å². The Balaban J connectivity index is 0.000000845. The first-order valence-corrected chi connectivity index (χ1v) is 5.35. The molecule has 2 nitrogen and oxygen atoms in total. The third kappa shape index (κ3) is 2.21. The quantitative estimate of drug-likeness (QED) is 0.590. The molecule has 13 heavy (non-hydrogen) atoms. The second-order valence-corrected chi connectivity index (χ2v) is 4.19. The molecule has 0 saturated carbocycles. The Morgan fingerprint density at radius 1 is 1.31 bits per heavy atom. The Bertz CT molecular complexity index is 438. The molecule has 1 aromatic heterocycles. The van der Waals surface area contributed by atoms with E-state index in [2.05, 4.69) is 0 Å². The maximum absolute atomic E-state index is 10.8. The summed E-state index contributed by atoms with van der Waals surface area (Å²) in [6, 6.07) is 7.58. The Morgan fingerprint density at radius 2 is 2.00 bits per heavy atom. The van der Waals surface area contributed by atoms with Crippen molar-refractivity contribution in [1.82, 2.24) is 0 Å². The van der Waals surface area contributed by atoms with Crippen LogP contribution in [0.4, 0.5) is 0 Å². The first-order valence-electron chi connectivity index (χ1n) is 3.36. The molecule has 1 unspecified atom stereocenters. The molecular weight excluding hydrogens is 215 g/mol. The molecule has 0 fully saturated rings. The topological polar surface area (TPSA) is 37.3 Å². The Morgan fingerprint density at radius 3 is 2.69 bits per heavy atom. The Hall–Kier alpha value is 0.290. The van der Waals surface area contributed by atoms with Crippen LogP contribution in [-0.4, -0.2) is 38.3 Å². The standard InChI is InChI=1S/C8H6O2S2.Na.H/c9-12(10)8-5-11-7-4-2-1-3-6(7)8;;/h1-5H,(H,9,10);;. The molecular formula is C8H7NaO2S2. The van der Waals surface area contributed by atoms with Crippen molar-refractivity contribution in [1.29, 1.82) is 0 Å². The molecule has 1 aromatic carbocycles. The molecule has 0 amide bonds. The van der Waals surface area contributed by atoms with Crippen LogP contribution < -0.4 is 0 Å². The number of hydrogen-bond donors (Lipinski definition) is 1. The van der Waals surface area contributed by atoms with Gasteiger partial charge in [0.1, 0.15) is 0 Å². The fraction of sp³-hybridized carbons (Fsp3) is 0. The average molecular weight is 222 g/mol. The van der Waals surface area contributed by atoms with Crippen LogP contribution in [0, 0.1) is 0 Å². The van der Waals surface area contributed by atoms with Crippen LogP contribution in [-0.2, 0) is 11.1 Å². The van der Waals surface area contributed by atoms with Gasteiger partial charge in [0.15, 0.2) is 11.1 Å². The number of rotatable bonds is 1. The summed E-state index contributed by atoms with van der Waals surface area (Å²) >= 11 is -0.373. The van der Waals surface area contributed by atoms with Gasteiger partial charge >= 0.3 is 29.6 Å². The zero-order valence-corrected chi connectivity index (χ0v) is 7.69. The van der Waals surface area contributed by atoms with E-state index in [4.69, 9.17) is 4.55 Å². The molecule has 0 bridgehead atoms. The summed E-state index contributed by atoms with van der Waals surface area (Å²) < 4.78 is 20.7. The molecule has 0 saturated heterocycles. The van der Waals surface area contributed by atoms with Gasteiger partial charge in [0.05, 0.1) is 4.90 Å². The molecule has 2 aromatic rings. The van der Waals surface area contributed by atoms with Gasteiger partial charge in [0.2, 0.25) is 0 Å². The van der Waals surface area contributed by atoms with E-state index >= 15 is 0 Å². The summed E-state index contributed by atoms with van der Waals surface area (Å²) in [7, 11) is 0. The van der Waals surface area contributed by atoms with Crippen LogP contribution in [0.15, 0.2) is 34.5 Å². The van der Waals surface area contributed by atoms with Gasteiger partial charge in [-0.1, -0.05) is 18.2 Å². The van der Waals surface area contributed by atoms with Crippen LogP contribution in [0.25, 0.3) is 10.1 Å². The zero-order valence-electron chi connectivity index (χ0n) is 6.06. The first kappa shape index (κ1) is 11.4. The van der Waals surface area contributed by atoms with Crippen LogP contribution in [0.1, 0.15) is 0 Å². The molecule has 0 radical (unpaired) electrons. The molecule has 1 heterocycles. The maximum atomic E-state index is 10.8. The number of fused-ring (bicyclic) bond motifs is 1. The van der Waals surface area contributed by atoms with Crippen molar-refractivity contribution in [2.75, 3.05) is 0 Å². The van der Waals surface area contributed by atoms with Crippen molar-refractivity contribution in [3.05, 3.63) is 29.6 Å². The van der Waals surface area contributed by atoms with Gasteiger partial charge in [0, 0.05) is 15.5 Å². The zero-order chi connectivity index (χ0) is 8.55. The van der Waals surface area contributed by atoms with E-state index < -0.39 is 11.1 Å². The van der Waals surface area contributed by atoms with Crippen molar-refractivity contribution < 1.29 is 8.76 Å². The van der Waals surface area contributed by atoms with Gasteiger partial charge < -0.3 is 4.55 Å². The van der Waals surface area contributed by atoms with Crippen LogP contribution in [0.3, 0.4) is 0 Å². The molecule has 1 N–H and O–H groups in total. The van der Waals surface area contributed by atoms with Gasteiger partial charge in [-0.25, -0.2) is 4.21 Å². The predicted molar refractivity (Wildman–Crippen MR) is 58.0 cm³/mol. The number of benzene rings is 1. The van der Waals surface area contributed by atoms with Gasteiger partial charge in [-0.15, -0.1) is 11.3 Å². The minimum atomic E-state index is -1.86. The van der Waals surface area contributed by atoms with Crippen molar-refractivity contribution in [2.24, 2.45) is 0 Å². The number of hydrogen-bond acceptors (Lipinski definition) is 2. The molecule has 0 aliphatic carbocycles. The third-order valence-electron chi connectivity index (χ3n) is 1.63. The van der Waals surface area contributed by atoms with Gasteiger partial charge in [-0.3, -0.25) is 0 Å². The first-order chi connectivity index (χ1) is 5.79. The van der Waals surface area contributed by atoms with E-state index in [1.807, 2.05) is 24.3 Å². The van der Waals surface area contributed by atoms with E-state index in [9.17, 15) is 4.21 Å². The van der Waals surface area contributed by atoms with Crippen molar-refractivity contribution in [2.45, 2.75) is 4.90 Å². The van der Waals surface area contributed by atoms with Crippen LogP contribution in [0.5, 0.6) is 0 Å². The molecule has 64 valence electrons. The van der Waals surface area contributed by atoms with Crippen molar-refractivity contribution in [3.8, 4) is 0 Å². The SMILES string of the molecule is O=S(O)c1csc2ccccc12.[NaH]. The fourth-order valence-corrected chi connectivity index (χ4v) is 2.82. The summed E-state index contributed by atoms with van der Waals surface area (Å²) in [5, 5.41) is 2.60. The van der Waals surface area contributed by atoms with Crippen LogP contribution >= 0.6 is 11.3 Å². The van der Waals surface area contributed by atoms with E-state index in [1.54, 1.807) is 5.38 Å². The van der Waals surface area contributed by atoms with Gasteiger partial charge in [-0.05, 0) is 6.07 Å². The van der Waals surface area contributed by atoms with E-state index in [1.165, 1.54) is 11.3 Å². The second-order valence-electron chi connectivity index (χ2n) is 2.35. The second kappa shape index (κ2) is 4.68. The Labute approximate surface area is 105 Å². The van der Waals surface area contributed by atoms with E-state index in [0.29, 0.717) is 4.90 Å². The van der Waals surface area contributed by atoms with Gasteiger partial charge in [0.25, 0.3) is 0 Å². The summed E-state index contributed by atoms with van der Waals surface area (Å²) in [4.78, 5) is 0.510. The van der Waals surface area contributed by atoms with Crippen LogP contribution in [0.2, 0.25) is 0 Å². The summed E-state index contributed by atoms with van der Waals surface area (Å²) in [5.41, 5.74) is 0. The molecule has 0 aliphatic heterocycles. The molecule has 5 heteroatoms. The average Bonchev–Trinajstić information content (AvgIpc) is 2.47.